The fraction of sp³-hybridized carbons (Fsp3) is 0.447. The van der Waals surface area contributed by atoms with Crippen LogP contribution in [-0.4, -0.2) is 22.8 Å². The Morgan fingerprint density at radius 3 is 1.67 bits per heavy atom. The van der Waals surface area contributed by atoms with Gasteiger partial charge >= 0.3 is 11.9 Å². The number of benzene rings is 1. The molecule has 2 unspecified atom stereocenters. The maximum atomic E-state index is 13.1. The second kappa shape index (κ2) is 23.8. The maximum absolute atomic E-state index is 13.1. The maximum Gasteiger partial charge on any atom is 0.339 e. The number of para-hydroxylation sites is 1. The monoisotopic (exact) mass is 588 g/mol. The Morgan fingerprint density at radius 2 is 1.21 bits per heavy atom. The van der Waals surface area contributed by atoms with Crippen LogP contribution in [-0.2, 0) is 9.59 Å². The molecule has 5 heteroatoms. The molecular formula is C38H52O5. The first-order chi connectivity index (χ1) is 20.8. The fourth-order valence-corrected chi connectivity index (χ4v) is 4.47. The number of carboxylic acid groups (broad SMARTS) is 1. The van der Waals surface area contributed by atoms with Gasteiger partial charge in [-0.25, -0.2) is 4.79 Å². The van der Waals surface area contributed by atoms with Crippen LogP contribution in [0.1, 0.15) is 102 Å². The SMILES string of the molecule is CC/C=C\C/C=C\C/C=C\C/C=C\C/C=C\C/C=C\CC(CC)C(=O)CC(CC(C)C)C(=O)Oc1ccccc1C(=O)O. The predicted molar refractivity (Wildman–Crippen MR) is 178 cm³/mol. The second-order valence-electron chi connectivity index (χ2n) is 11.0. The topological polar surface area (TPSA) is 80.7 Å². The van der Waals surface area contributed by atoms with Gasteiger partial charge in [-0.1, -0.05) is 113 Å². The van der Waals surface area contributed by atoms with E-state index in [-0.39, 0.29) is 35.4 Å². The van der Waals surface area contributed by atoms with Crippen molar-refractivity contribution in [2.24, 2.45) is 17.8 Å². The summed E-state index contributed by atoms with van der Waals surface area (Å²) in [7, 11) is 0. The van der Waals surface area contributed by atoms with Crippen LogP contribution in [0.2, 0.25) is 0 Å². The largest absolute Gasteiger partial charge is 0.478 e. The molecule has 0 bridgehead atoms. The van der Waals surface area contributed by atoms with Crippen LogP contribution in [0, 0.1) is 17.8 Å². The summed E-state index contributed by atoms with van der Waals surface area (Å²) in [6.45, 7) is 8.11. The number of rotatable bonds is 22. The lowest BCUT2D eigenvalue weighted by molar-refractivity contribution is -0.142. The number of hydrogen-bond donors (Lipinski definition) is 1. The van der Waals surface area contributed by atoms with Gasteiger partial charge < -0.3 is 9.84 Å². The van der Waals surface area contributed by atoms with Gasteiger partial charge in [-0.2, -0.15) is 0 Å². The number of ether oxygens (including phenoxy) is 1. The number of hydrogen-bond acceptors (Lipinski definition) is 4. The highest BCUT2D eigenvalue weighted by Gasteiger charge is 2.28. The van der Waals surface area contributed by atoms with Gasteiger partial charge in [0, 0.05) is 12.3 Å². The van der Waals surface area contributed by atoms with E-state index in [2.05, 4.69) is 73.8 Å². The summed E-state index contributed by atoms with van der Waals surface area (Å²) in [6.07, 6.45) is 33.5. The van der Waals surface area contributed by atoms with E-state index in [0.29, 0.717) is 19.3 Å². The molecule has 0 spiro atoms. The molecule has 0 heterocycles. The third-order valence-corrected chi connectivity index (χ3v) is 6.83. The van der Waals surface area contributed by atoms with Crippen molar-refractivity contribution >= 4 is 17.7 Å². The third-order valence-electron chi connectivity index (χ3n) is 6.83. The minimum atomic E-state index is -1.16. The van der Waals surface area contributed by atoms with Crippen LogP contribution in [0.25, 0.3) is 0 Å². The van der Waals surface area contributed by atoms with Crippen LogP contribution >= 0.6 is 0 Å². The number of carboxylic acids is 1. The van der Waals surface area contributed by atoms with Crippen molar-refractivity contribution in [3.63, 3.8) is 0 Å². The van der Waals surface area contributed by atoms with Crippen LogP contribution in [0.5, 0.6) is 5.75 Å². The minimum Gasteiger partial charge on any atom is -0.478 e. The molecule has 1 aromatic rings. The molecule has 43 heavy (non-hydrogen) atoms. The van der Waals surface area contributed by atoms with E-state index in [1.165, 1.54) is 12.1 Å². The Bertz CT molecular complexity index is 1130. The number of carbonyl (C=O) groups is 3. The smallest absolute Gasteiger partial charge is 0.339 e. The summed E-state index contributed by atoms with van der Waals surface area (Å²) in [5.41, 5.74) is -0.0745. The van der Waals surface area contributed by atoms with Crippen molar-refractivity contribution in [1.29, 1.82) is 0 Å². The molecule has 0 aliphatic rings. The van der Waals surface area contributed by atoms with Crippen molar-refractivity contribution in [3.05, 3.63) is 103 Å². The molecule has 5 nitrogen and oxygen atoms in total. The number of Topliss-reactive ketones (excluding diaryl/α,β-unsaturated/α-hetero) is 1. The van der Waals surface area contributed by atoms with Gasteiger partial charge in [-0.3, -0.25) is 9.59 Å². The van der Waals surface area contributed by atoms with Crippen LogP contribution in [0.15, 0.2) is 97.2 Å². The lowest BCUT2D eigenvalue weighted by Gasteiger charge is -2.20. The third kappa shape index (κ3) is 17.7. The first kappa shape index (κ1) is 37.3. The average molecular weight is 589 g/mol. The first-order valence-corrected chi connectivity index (χ1v) is 15.8. The van der Waals surface area contributed by atoms with E-state index >= 15 is 0 Å². The number of aromatic carboxylic acids is 1. The zero-order valence-corrected chi connectivity index (χ0v) is 26.6. The summed E-state index contributed by atoms with van der Waals surface area (Å²) in [6, 6.07) is 6.06. The predicted octanol–water partition coefficient (Wildman–Crippen LogP) is 10.0. The lowest BCUT2D eigenvalue weighted by atomic mass is 9.86. The number of allylic oxidation sites excluding steroid dienone is 12. The highest BCUT2D eigenvalue weighted by Crippen LogP contribution is 2.25. The summed E-state index contributed by atoms with van der Waals surface area (Å²) in [4.78, 5) is 37.6. The Balaban J connectivity index is 2.46. The summed E-state index contributed by atoms with van der Waals surface area (Å²) >= 11 is 0. The molecule has 0 radical (unpaired) electrons. The minimum absolute atomic E-state index is 0.00576. The van der Waals surface area contributed by atoms with Gasteiger partial charge in [0.2, 0.25) is 0 Å². The molecule has 2 atom stereocenters. The zero-order valence-electron chi connectivity index (χ0n) is 26.6. The van der Waals surface area contributed by atoms with Gasteiger partial charge in [0.25, 0.3) is 0 Å². The van der Waals surface area contributed by atoms with Gasteiger partial charge in [-0.15, -0.1) is 0 Å². The van der Waals surface area contributed by atoms with Crippen LogP contribution in [0.3, 0.4) is 0 Å². The standard InChI is InChI=1S/C38H52O5/c1-5-7-8-9-10-11-12-13-14-15-16-17-18-19-20-21-22-23-26-32(6-2)35(39)30-33(29-31(3)4)38(42)43-36-28-25-24-27-34(36)37(40)41/h7-8,10-11,13-14,16-17,19-20,22-25,27-28,31-33H,5-6,9,12,15,18,21,26,29-30H2,1-4H3,(H,40,41)/b8-7-,11-10-,14-13-,17-16-,20-19-,23-22-. The van der Waals surface area contributed by atoms with Crippen molar-refractivity contribution in [2.45, 2.75) is 91.9 Å². The van der Waals surface area contributed by atoms with Crippen molar-refractivity contribution in [3.8, 4) is 5.75 Å². The van der Waals surface area contributed by atoms with E-state index in [1.807, 2.05) is 26.8 Å². The van der Waals surface area contributed by atoms with E-state index in [9.17, 15) is 19.5 Å². The molecule has 1 N–H and O–H groups in total. The molecule has 0 aliphatic heterocycles. The fourth-order valence-electron chi connectivity index (χ4n) is 4.47. The van der Waals surface area contributed by atoms with Crippen molar-refractivity contribution in [2.75, 3.05) is 0 Å². The lowest BCUT2D eigenvalue weighted by Crippen LogP contribution is -2.27. The quantitative estimate of drug-likeness (QED) is 0.0828. The van der Waals surface area contributed by atoms with Crippen molar-refractivity contribution in [1.82, 2.24) is 0 Å². The normalized spacial score (nSPS) is 13.9. The average Bonchev–Trinajstić information content (AvgIpc) is 2.98. The molecule has 1 aromatic carbocycles. The highest BCUT2D eigenvalue weighted by molar-refractivity contribution is 5.92. The van der Waals surface area contributed by atoms with E-state index in [0.717, 1.165) is 38.5 Å². The Kier molecular flexibility index (Phi) is 20.6. The number of ketones is 1. The van der Waals surface area contributed by atoms with Crippen LogP contribution in [0.4, 0.5) is 0 Å². The van der Waals surface area contributed by atoms with Gasteiger partial charge in [0.05, 0.1) is 5.92 Å². The highest BCUT2D eigenvalue weighted by atomic mass is 16.5. The Hall–Kier alpha value is -3.73. The number of esters is 1. The first-order valence-electron chi connectivity index (χ1n) is 15.8. The van der Waals surface area contributed by atoms with Gasteiger partial charge in [0.15, 0.2) is 0 Å². The molecule has 0 saturated heterocycles. The molecule has 1 rings (SSSR count). The van der Waals surface area contributed by atoms with Gasteiger partial charge in [0.1, 0.15) is 17.1 Å². The van der Waals surface area contributed by atoms with E-state index < -0.39 is 17.9 Å². The zero-order chi connectivity index (χ0) is 31.7. The van der Waals surface area contributed by atoms with Gasteiger partial charge in [-0.05, 0) is 75.8 Å². The Labute approximate surface area is 259 Å². The molecule has 0 saturated carbocycles. The molecule has 0 aromatic heterocycles. The molecule has 0 amide bonds. The number of carbonyl (C=O) groups excluding carboxylic acids is 2. The van der Waals surface area contributed by atoms with Crippen LogP contribution < -0.4 is 4.74 Å². The van der Waals surface area contributed by atoms with E-state index in [1.54, 1.807) is 12.1 Å². The molecule has 0 fully saturated rings. The van der Waals surface area contributed by atoms with Crippen molar-refractivity contribution < 1.29 is 24.2 Å². The Morgan fingerprint density at radius 1 is 0.721 bits per heavy atom. The molecule has 0 aliphatic carbocycles. The summed E-state index contributed by atoms with van der Waals surface area (Å²) < 4.78 is 5.48. The molecular weight excluding hydrogens is 536 g/mol. The summed E-state index contributed by atoms with van der Waals surface area (Å²) in [5, 5.41) is 9.40. The second-order valence-corrected chi connectivity index (χ2v) is 11.0. The summed E-state index contributed by atoms with van der Waals surface area (Å²) in [5.74, 6) is -2.28. The van der Waals surface area contributed by atoms with E-state index in [4.69, 9.17) is 4.74 Å². The molecule has 234 valence electrons.